The summed E-state index contributed by atoms with van der Waals surface area (Å²) < 4.78 is 0. The molecule has 9 heteroatoms. The lowest BCUT2D eigenvalue weighted by molar-refractivity contribution is -0.119. The van der Waals surface area contributed by atoms with Crippen molar-refractivity contribution in [2.45, 2.75) is 45.7 Å². The van der Waals surface area contributed by atoms with Gasteiger partial charge in [0.25, 0.3) is 0 Å². The van der Waals surface area contributed by atoms with Crippen LogP contribution in [0.25, 0.3) is 11.2 Å². The number of nitrogens with one attached hydrogen (secondary N) is 3. The van der Waals surface area contributed by atoms with E-state index < -0.39 is 0 Å². The summed E-state index contributed by atoms with van der Waals surface area (Å²) in [6, 6.07) is 0.128. The maximum absolute atomic E-state index is 11.2. The molecule has 1 amide bonds. The molecule has 23 heavy (non-hydrogen) atoms. The van der Waals surface area contributed by atoms with Gasteiger partial charge in [-0.1, -0.05) is 0 Å². The second-order valence-electron chi connectivity index (χ2n) is 6.87. The van der Waals surface area contributed by atoms with Gasteiger partial charge in [0.05, 0.1) is 0 Å². The molecule has 3 heterocycles. The molecule has 1 fully saturated rings. The molecular weight excluding hydrogens is 296 g/mol. The van der Waals surface area contributed by atoms with Crippen LogP contribution < -0.4 is 15.5 Å². The first kappa shape index (κ1) is 15.4. The molecule has 0 aromatic carbocycles. The maximum Gasteiger partial charge on any atom is 0.227 e. The third-order valence-electron chi connectivity index (χ3n) is 3.55. The molecule has 1 aliphatic heterocycles. The van der Waals surface area contributed by atoms with Crippen LogP contribution in [0.4, 0.5) is 11.8 Å². The first-order valence-corrected chi connectivity index (χ1v) is 7.70. The summed E-state index contributed by atoms with van der Waals surface area (Å²) in [6.07, 6.45) is 0.880. The van der Waals surface area contributed by atoms with Crippen molar-refractivity contribution < 1.29 is 4.79 Å². The molecule has 3 rings (SSSR count). The number of fused-ring (bicyclic) bond motifs is 1. The molecule has 2 aromatic rings. The van der Waals surface area contributed by atoms with Gasteiger partial charge in [0.15, 0.2) is 11.3 Å². The van der Waals surface area contributed by atoms with Crippen LogP contribution >= 0.6 is 0 Å². The highest BCUT2D eigenvalue weighted by Gasteiger charge is 2.27. The van der Waals surface area contributed by atoms with Crippen molar-refractivity contribution in [3.05, 3.63) is 0 Å². The number of carbonyl (C=O) groups is 1. The van der Waals surface area contributed by atoms with Gasteiger partial charge in [-0.2, -0.15) is 20.3 Å². The molecule has 124 valence electrons. The van der Waals surface area contributed by atoms with Crippen molar-refractivity contribution in [1.82, 2.24) is 30.7 Å². The standard InChI is InChI=1S/C14H22N8O/c1-8(23)15-9-5-6-22(7-9)12-10-11(20-21-19-10)16-13(17-12)18-14(2,3)4/h9H,5-7H2,1-4H3,(H,15,23)(H2,16,17,18,19,20,21)/t9-/m0/s1. The van der Waals surface area contributed by atoms with E-state index in [0.717, 1.165) is 18.8 Å². The zero-order chi connectivity index (χ0) is 16.6. The molecule has 1 atom stereocenters. The summed E-state index contributed by atoms with van der Waals surface area (Å²) in [5, 5.41) is 17.1. The van der Waals surface area contributed by atoms with Crippen LogP contribution in [0, 0.1) is 0 Å². The van der Waals surface area contributed by atoms with Crippen molar-refractivity contribution in [2.24, 2.45) is 0 Å². The Morgan fingerprint density at radius 1 is 1.30 bits per heavy atom. The number of hydrogen-bond acceptors (Lipinski definition) is 7. The van der Waals surface area contributed by atoms with Crippen molar-refractivity contribution in [3.63, 3.8) is 0 Å². The van der Waals surface area contributed by atoms with E-state index in [1.165, 1.54) is 6.92 Å². The fourth-order valence-corrected chi connectivity index (χ4v) is 2.70. The molecular formula is C14H22N8O. The lowest BCUT2D eigenvalue weighted by atomic mass is 10.1. The number of aromatic nitrogens is 5. The van der Waals surface area contributed by atoms with Gasteiger partial charge in [0.2, 0.25) is 17.5 Å². The predicted molar refractivity (Wildman–Crippen MR) is 87.3 cm³/mol. The largest absolute Gasteiger partial charge is 0.352 e. The number of hydrogen-bond donors (Lipinski definition) is 3. The van der Waals surface area contributed by atoms with E-state index in [1.54, 1.807) is 0 Å². The van der Waals surface area contributed by atoms with Gasteiger partial charge in [-0.15, -0.1) is 5.10 Å². The Kier molecular flexibility index (Phi) is 3.78. The second-order valence-corrected chi connectivity index (χ2v) is 6.87. The van der Waals surface area contributed by atoms with Crippen LogP contribution in [0.5, 0.6) is 0 Å². The van der Waals surface area contributed by atoms with Crippen LogP contribution in [-0.2, 0) is 4.79 Å². The van der Waals surface area contributed by atoms with Gasteiger partial charge in [-0.3, -0.25) is 4.79 Å². The van der Waals surface area contributed by atoms with Crippen LogP contribution in [-0.4, -0.2) is 56.0 Å². The SMILES string of the molecule is CC(=O)N[C@H]1CCN(c2nc(NC(C)(C)C)nc3n[nH]nc23)C1. The minimum Gasteiger partial charge on any atom is -0.352 e. The molecule has 0 spiro atoms. The van der Waals surface area contributed by atoms with E-state index in [0.29, 0.717) is 23.7 Å². The van der Waals surface area contributed by atoms with Gasteiger partial charge >= 0.3 is 0 Å². The zero-order valence-electron chi connectivity index (χ0n) is 13.8. The van der Waals surface area contributed by atoms with Crippen LogP contribution in [0.15, 0.2) is 0 Å². The quantitative estimate of drug-likeness (QED) is 0.762. The Bertz CT molecular complexity index is 719. The minimum atomic E-state index is -0.154. The monoisotopic (exact) mass is 318 g/mol. The van der Waals surface area contributed by atoms with Gasteiger partial charge in [0.1, 0.15) is 0 Å². The molecule has 0 bridgehead atoms. The highest BCUT2D eigenvalue weighted by Crippen LogP contribution is 2.26. The number of amides is 1. The topological polar surface area (TPSA) is 112 Å². The number of H-pyrrole nitrogens is 1. The maximum atomic E-state index is 11.2. The Morgan fingerprint density at radius 3 is 2.78 bits per heavy atom. The van der Waals surface area contributed by atoms with Crippen molar-refractivity contribution in [2.75, 3.05) is 23.3 Å². The molecule has 3 N–H and O–H groups in total. The predicted octanol–water partition coefficient (Wildman–Crippen LogP) is 0.673. The third-order valence-corrected chi connectivity index (χ3v) is 3.55. The molecule has 0 radical (unpaired) electrons. The number of carbonyl (C=O) groups excluding carboxylic acids is 1. The summed E-state index contributed by atoms with van der Waals surface area (Å²) in [5.41, 5.74) is 1.02. The van der Waals surface area contributed by atoms with Crippen LogP contribution in [0.1, 0.15) is 34.1 Å². The molecule has 0 aliphatic carbocycles. The van der Waals surface area contributed by atoms with E-state index >= 15 is 0 Å². The number of anilines is 2. The normalized spacial score (nSPS) is 18.4. The number of aromatic amines is 1. The van der Waals surface area contributed by atoms with E-state index in [9.17, 15) is 4.79 Å². The molecule has 9 nitrogen and oxygen atoms in total. The molecule has 0 unspecified atom stereocenters. The lowest BCUT2D eigenvalue weighted by Gasteiger charge is -2.22. The molecule has 1 aliphatic rings. The first-order chi connectivity index (χ1) is 10.8. The fraction of sp³-hybridized carbons (Fsp3) is 0.643. The zero-order valence-corrected chi connectivity index (χ0v) is 13.8. The summed E-state index contributed by atoms with van der Waals surface area (Å²) in [5.74, 6) is 1.25. The van der Waals surface area contributed by atoms with Crippen LogP contribution in [0.3, 0.4) is 0 Å². The first-order valence-electron chi connectivity index (χ1n) is 7.70. The van der Waals surface area contributed by atoms with Crippen molar-refractivity contribution in [1.29, 1.82) is 0 Å². The Hall–Kier alpha value is -2.45. The van der Waals surface area contributed by atoms with Gasteiger partial charge in [-0.05, 0) is 27.2 Å². The molecule has 2 aromatic heterocycles. The third kappa shape index (κ3) is 3.49. The highest BCUT2D eigenvalue weighted by molar-refractivity contribution is 5.84. The van der Waals surface area contributed by atoms with E-state index in [1.807, 2.05) is 20.8 Å². The minimum absolute atomic E-state index is 0.0128. The summed E-state index contributed by atoms with van der Waals surface area (Å²) in [7, 11) is 0. The fourth-order valence-electron chi connectivity index (χ4n) is 2.70. The Labute approximate surface area is 134 Å². The average Bonchev–Trinajstić information content (AvgIpc) is 3.03. The van der Waals surface area contributed by atoms with E-state index in [-0.39, 0.29) is 17.5 Å². The second kappa shape index (κ2) is 5.64. The Balaban J connectivity index is 1.90. The van der Waals surface area contributed by atoms with E-state index in [2.05, 4.69) is 40.9 Å². The molecule has 1 saturated heterocycles. The van der Waals surface area contributed by atoms with Gasteiger partial charge in [-0.25, -0.2) is 0 Å². The van der Waals surface area contributed by atoms with Crippen LogP contribution in [0.2, 0.25) is 0 Å². The van der Waals surface area contributed by atoms with Gasteiger partial charge < -0.3 is 15.5 Å². The number of rotatable bonds is 3. The summed E-state index contributed by atoms with van der Waals surface area (Å²) in [6.45, 7) is 9.18. The smallest absolute Gasteiger partial charge is 0.227 e. The lowest BCUT2D eigenvalue weighted by Crippen LogP contribution is -2.36. The summed E-state index contributed by atoms with van der Waals surface area (Å²) >= 11 is 0. The number of nitrogens with zero attached hydrogens (tertiary/aromatic N) is 5. The van der Waals surface area contributed by atoms with E-state index in [4.69, 9.17) is 0 Å². The van der Waals surface area contributed by atoms with Gasteiger partial charge in [0, 0.05) is 31.6 Å². The highest BCUT2D eigenvalue weighted by atomic mass is 16.1. The molecule has 0 saturated carbocycles. The van der Waals surface area contributed by atoms with Crippen molar-refractivity contribution >= 4 is 28.8 Å². The van der Waals surface area contributed by atoms with Crippen molar-refractivity contribution in [3.8, 4) is 0 Å². The summed E-state index contributed by atoms with van der Waals surface area (Å²) in [4.78, 5) is 22.4. The average molecular weight is 318 g/mol. The Morgan fingerprint density at radius 2 is 2.09 bits per heavy atom.